The molecule has 1 saturated heterocycles. The van der Waals surface area contributed by atoms with Crippen LogP contribution in [0.15, 0.2) is 97.6 Å². The van der Waals surface area contributed by atoms with Crippen molar-refractivity contribution in [3.63, 3.8) is 0 Å². The van der Waals surface area contributed by atoms with Gasteiger partial charge in [0.2, 0.25) is 65.0 Å². The minimum absolute atomic E-state index is 0.00820. The van der Waals surface area contributed by atoms with Crippen LogP contribution in [0.3, 0.4) is 0 Å². The standard InChI is InChI=1S/C67H94N24O15/c68-30-53(94)84-47(26-37-10-2-1-3-11-37)56(97)80-33-54(95)83-44(14-6-22-76-65(69)70)58(99)88-48(27-38-18-20-41(93)21-19-38)61(102)87-45(15-7-23-77-66(71)72)59(100)86-46(16-8-24-78-67(73)74)60(101)89-49(29-40-32-75-36-82-40)57(98)81-34-55(96)85-51(35-92)63(104)91-25-9-17-52(91)62(103)90-50(64(105)106)28-39-31-79-43-13-5-4-12-42(39)43/h1-5,10-13,18-21,31-32,36,44-52,79,92-93H,6-9,14-17,22-30,33-35,68H2,(H,75,82)(H,80,97)(H,81,98)(H,83,95)(H,84,94)(H,85,96)(H,86,100)(H,87,102)(H,88,99)(H,89,101)(H,90,103)(H,105,106)(H4,69,70,76)(H4,71,72,77)(H4,73,74,78)/t44-,45-,46-,47-,48-,49-,50-,51-,52-/m0/s1. The number of nitrogens with two attached hydrogens (primary N) is 4. The lowest BCUT2D eigenvalue weighted by atomic mass is 10.0. The molecule has 3 aromatic carbocycles. The van der Waals surface area contributed by atoms with E-state index in [1.165, 1.54) is 36.8 Å². The highest BCUT2D eigenvalue weighted by atomic mass is 16.4. The molecule has 39 nitrogen and oxygen atoms in total. The molecule has 1 aliphatic heterocycles. The molecule has 29 N–H and O–H groups in total. The van der Waals surface area contributed by atoms with Crippen LogP contribution >= 0.6 is 0 Å². The Labute approximate surface area is 608 Å². The topological polar surface area (TPSA) is 645 Å². The number of carboxylic acid groups (broad SMARTS) is 1. The van der Waals surface area contributed by atoms with Crippen molar-refractivity contribution >= 4 is 99.7 Å². The van der Waals surface area contributed by atoms with Crippen LogP contribution in [0.4, 0.5) is 0 Å². The molecule has 39 heteroatoms. The summed E-state index contributed by atoms with van der Waals surface area (Å²) in [5.41, 5.74) is 24.8. The molecule has 11 amide bonds. The van der Waals surface area contributed by atoms with Crippen LogP contribution in [0.1, 0.15) is 73.8 Å². The minimum atomic E-state index is -1.64. The maximum Gasteiger partial charge on any atom is 0.326 e. The molecule has 5 aromatic rings. The molecule has 1 fully saturated rings. The number of benzene rings is 3. The second-order valence-corrected chi connectivity index (χ2v) is 24.9. The van der Waals surface area contributed by atoms with Gasteiger partial charge in [0.05, 0.1) is 32.6 Å². The first-order valence-electron chi connectivity index (χ1n) is 34.1. The number of aliphatic hydroxyl groups is 1. The van der Waals surface area contributed by atoms with Gasteiger partial charge in [0, 0.05) is 80.9 Å². The number of carboxylic acids is 1. The molecular weight excluding hydrogens is 1380 g/mol. The lowest BCUT2D eigenvalue weighted by Gasteiger charge is -2.29. The predicted molar refractivity (Wildman–Crippen MR) is 384 cm³/mol. The van der Waals surface area contributed by atoms with Gasteiger partial charge < -0.3 is 122 Å². The number of phenols is 1. The maximum atomic E-state index is 14.9. The Hall–Kier alpha value is -12.4. The number of aromatic nitrogens is 3. The maximum absolute atomic E-state index is 14.9. The van der Waals surface area contributed by atoms with Gasteiger partial charge in [-0.25, -0.2) is 9.78 Å². The number of carbonyl (C=O) groups is 12. The van der Waals surface area contributed by atoms with Crippen molar-refractivity contribution in [1.29, 1.82) is 16.2 Å². The van der Waals surface area contributed by atoms with E-state index >= 15 is 0 Å². The SMILES string of the molecule is N=C(N)NCCC[C@H](NC(=O)CNC(=O)[C@H](Cc1ccccc1)NC(=O)CN)C(=O)N[C@@H](Cc1ccc(O)cc1)C(=O)N[C@@H](CCCNC(=N)N)C(=O)N[C@@H](CCCNC(=N)N)C(=O)N[C@@H](Cc1cnc[nH]1)C(=O)NCC(=O)N[C@@H](CO)C(=O)N1CCC[C@H]1C(=O)N[C@@H](Cc1c[nH]c2ccccc12)C(=O)O. The number of para-hydroxylation sites is 1. The third-order valence-corrected chi connectivity index (χ3v) is 16.8. The number of likely N-dealkylation sites (tertiary alicyclic amines) is 1. The number of hydrogen-bond donors (Lipinski definition) is 25. The highest BCUT2D eigenvalue weighted by Gasteiger charge is 2.40. The van der Waals surface area contributed by atoms with Crippen molar-refractivity contribution in [2.24, 2.45) is 22.9 Å². The summed E-state index contributed by atoms with van der Waals surface area (Å²) in [6.07, 6.45) is 3.64. The molecule has 3 heterocycles. The molecule has 0 bridgehead atoms. The molecule has 572 valence electrons. The van der Waals surface area contributed by atoms with Gasteiger partial charge in [-0.2, -0.15) is 0 Å². The molecule has 0 aliphatic carbocycles. The normalized spacial score (nSPS) is 14.6. The summed E-state index contributed by atoms with van der Waals surface area (Å²) >= 11 is 0. The second-order valence-electron chi connectivity index (χ2n) is 24.9. The van der Waals surface area contributed by atoms with E-state index in [2.05, 4.69) is 84.1 Å². The number of amides is 11. The van der Waals surface area contributed by atoms with Crippen molar-refractivity contribution < 1.29 is 72.9 Å². The van der Waals surface area contributed by atoms with Gasteiger partial charge in [-0.3, -0.25) is 69.0 Å². The van der Waals surface area contributed by atoms with Gasteiger partial charge in [-0.1, -0.05) is 60.7 Å². The van der Waals surface area contributed by atoms with Gasteiger partial charge in [0.25, 0.3) is 0 Å². The van der Waals surface area contributed by atoms with E-state index in [0.29, 0.717) is 28.8 Å². The molecule has 2 aromatic heterocycles. The van der Waals surface area contributed by atoms with Crippen LogP contribution in [0.5, 0.6) is 5.75 Å². The number of hydrogen-bond acceptors (Lipinski definition) is 19. The van der Waals surface area contributed by atoms with Gasteiger partial charge in [-0.15, -0.1) is 0 Å². The smallest absolute Gasteiger partial charge is 0.326 e. The summed E-state index contributed by atoms with van der Waals surface area (Å²) in [4.78, 5) is 177. The van der Waals surface area contributed by atoms with Gasteiger partial charge in [0.1, 0.15) is 60.1 Å². The molecule has 0 spiro atoms. The number of imidazole rings is 1. The zero-order valence-electron chi connectivity index (χ0n) is 58.0. The van der Waals surface area contributed by atoms with Crippen molar-refractivity contribution in [3.05, 3.63) is 120 Å². The molecule has 0 unspecified atom stereocenters. The summed E-state index contributed by atoms with van der Waals surface area (Å²) in [7, 11) is 0. The van der Waals surface area contributed by atoms with Gasteiger partial charge in [0.15, 0.2) is 17.9 Å². The van der Waals surface area contributed by atoms with E-state index in [-0.39, 0.29) is 103 Å². The van der Waals surface area contributed by atoms with E-state index in [4.69, 9.17) is 39.2 Å². The number of carbonyl (C=O) groups excluding carboxylic acids is 11. The molecule has 106 heavy (non-hydrogen) atoms. The molecule has 1 aliphatic rings. The average molecular weight is 1480 g/mol. The summed E-state index contributed by atoms with van der Waals surface area (Å²) in [5.74, 6) is -12.5. The number of H-pyrrole nitrogens is 2. The predicted octanol–water partition coefficient (Wildman–Crippen LogP) is -6.21. The number of aliphatic hydroxyl groups excluding tert-OH is 1. The lowest BCUT2D eigenvalue weighted by Crippen LogP contribution is -2.60. The van der Waals surface area contributed by atoms with Gasteiger partial charge >= 0.3 is 5.97 Å². The largest absolute Gasteiger partial charge is 0.508 e. The highest BCUT2D eigenvalue weighted by Crippen LogP contribution is 2.22. The fraction of sp³-hybridized carbons (Fsp3) is 0.433. The van der Waals surface area contributed by atoms with E-state index in [0.717, 1.165) is 15.8 Å². The minimum Gasteiger partial charge on any atom is -0.508 e. The third-order valence-electron chi connectivity index (χ3n) is 16.8. The van der Waals surface area contributed by atoms with Gasteiger partial charge in [-0.05, 0) is 86.3 Å². The highest BCUT2D eigenvalue weighted by molar-refractivity contribution is 5.99. The van der Waals surface area contributed by atoms with Crippen molar-refractivity contribution in [2.75, 3.05) is 52.4 Å². The lowest BCUT2D eigenvalue weighted by molar-refractivity contribution is -0.145. The van der Waals surface area contributed by atoms with Crippen LogP contribution in [0, 0.1) is 16.2 Å². The number of nitrogens with one attached hydrogen (secondary N) is 18. The van der Waals surface area contributed by atoms with Crippen molar-refractivity contribution in [2.45, 2.75) is 131 Å². The Bertz CT molecular complexity index is 3860. The number of nitrogens with zero attached hydrogens (tertiary/aromatic N) is 2. The van der Waals surface area contributed by atoms with Crippen molar-refractivity contribution in [1.82, 2.24) is 89.0 Å². The van der Waals surface area contributed by atoms with E-state index in [1.54, 1.807) is 54.7 Å². The quantitative estimate of drug-likeness (QED) is 0.00981. The Morgan fingerprint density at radius 3 is 1.51 bits per heavy atom. The number of phenolic OH excluding ortho intramolecular Hbond substituents is 1. The second kappa shape index (κ2) is 42.2. The zero-order chi connectivity index (χ0) is 77.2. The Kier molecular flexibility index (Phi) is 32.9. The van der Waals surface area contributed by atoms with Crippen LogP contribution < -0.4 is 92.1 Å². The average Bonchev–Trinajstić information content (AvgIpc) is 1.66. The molecule has 0 saturated carbocycles. The molecule has 0 radical (unpaired) electrons. The molecule has 6 rings (SSSR count). The van der Waals surface area contributed by atoms with Crippen LogP contribution in [0.25, 0.3) is 10.9 Å². The first-order valence-corrected chi connectivity index (χ1v) is 34.1. The number of aliphatic carboxylic acids is 1. The number of aromatic hydroxyl groups is 1. The summed E-state index contributed by atoms with van der Waals surface area (Å²) in [5, 5.41) is 87.6. The Morgan fingerprint density at radius 1 is 0.528 bits per heavy atom. The number of aromatic amines is 2. The number of rotatable bonds is 43. The number of fused-ring (bicyclic) bond motifs is 1. The summed E-state index contributed by atoms with van der Waals surface area (Å²) in [6.45, 7) is -2.90. The first kappa shape index (κ1) is 82.5. The fourth-order valence-corrected chi connectivity index (χ4v) is 11.4. The van der Waals surface area contributed by atoms with Crippen LogP contribution in [-0.4, -0.2) is 231 Å². The number of guanidine groups is 3. The van der Waals surface area contributed by atoms with E-state index in [1.807, 2.05) is 6.07 Å². The summed E-state index contributed by atoms with van der Waals surface area (Å²) < 4.78 is 0. The molecular formula is C67H94N24O15. The zero-order valence-corrected chi connectivity index (χ0v) is 58.0. The van der Waals surface area contributed by atoms with Crippen molar-refractivity contribution in [3.8, 4) is 5.75 Å². The molecule has 9 atom stereocenters. The monoisotopic (exact) mass is 1470 g/mol. The third kappa shape index (κ3) is 27.4. The van der Waals surface area contributed by atoms with Crippen LogP contribution in [0.2, 0.25) is 0 Å². The Morgan fingerprint density at radius 2 is 1.00 bits per heavy atom. The first-order chi connectivity index (χ1) is 50.7. The fourth-order valence-electron chi connectivity index (χ4n) is 11.4. The van der Waals surface area contributed by atoms with Crippen LogP contribution in [-0.2, 0) is 83.2 Å². The van der Waals surface area contributed by atoms with E-state index < -0.39 is 169 Å². The van der Waals surface area contributed by atoms with E-state index in [9.17, 15) is 72.9 Å². The Balaban J connectivity index is 1.18. The summed E-state index contributed by atoms with van der Waals surface area (Å²) in [6, 6.07) is 8.32.